The van der Waals surface area contributed by atoms with E-state index in [2.05, 4.69) is 15.6 Å². The molecule has 2 N–H and O–H groups in total. The highest BCUT2D eigenvalue weighted by atomic mass is 35.5. The average Bonchev–Trinajstić information content (AvgIpc) is 3.04. The fourth-order valence-corrected chi connectivity index (χ4v) is 4.45. The number of halogens is 1. The molecule has 2 aromatic rings. The lowest BCUT2D eigenvalue weighted by molar-refractivity contribution is -0.139. The maximum Gasteiger partial charge on any atom is 0.344 e. The Labute approximate surface area is 203 Å². The van der Waals surface area contributed by atoms with Gasteiger partial charge in [0.1, 0.15) is 11.3 Å². The highest BCUT2D eigenvalue weighted by molar-refractivity contribution is 6.30. The maximum absolute atomic E-state index is 13.1. The van der Waals surface area contributed by atoms with Gasteiger partial charge in [-0.15, -0.1) is 0 Å². The van der Waals surface area contributed by atoms with Crippen LogP contribution < -0.4 is 15.5 Å². The lowest BCUT2D eigenvalue weighted by Crippen LogP contribution is -2.53. The zero-order chi connectivity index (χ0) is 24.3. The van der Waals surface area contributed by atoms with Crippen LogP contribution in [0.25, 0.3) is 0 Å². The summed E-state index contributed by atoms with van der Waals surface area (Å²) in [5.41, 5.74) is 2.88. The van der Waals surface area contributed by atoms with Gasteiger partial charge in [-0.25, -0.2) is 4.79 Å². The Morgan fingerprint density at radius 1 is 1.09 bits per heavy atom. The van der Waals surface area contributed by atoms with Crippen molar-refractivity contribution < 1.29 is 19.1 Å². The minimum absolute atomic E-state index is 0.0952. The summed E-state index contributed by atoms with van der Waals surface area (Å²) in [6.07, 6.45) is 0. The minimum atomic E-state index is -1.30. The second-order valence-electron chi connectivity index (χ2n) is 8.64. The number of rotatable bonds is 7. The van der Waals surface area contributed by atoms with Gasteiger partial charge < -0.3 is 10.1 Å². The molecule has 0 bridgehead atoms. The van der Waals surface area contributed by atoms with E-state index in [0.29, 0.717) is 24.4 Å². The first kappa shape index (κ1) is 24.0. The number of carbonyl (C=O) groups is 3. The Kier molecular flexibility index (Phi) is 7.06. The largest absolute Gasteiger partial charge is 0.497 e. The SMILES string of the molecule is COc1cccc(C2(C)NC(=O)N(NC(=O)CN3CCN(Cc4cccc(Cl)c4)CC3)C2=O)c1. The van der Waals surface area contributed by atoms with Gasteiger partial charge in [-0.05, 0) is 42.3 Å². The number of carbonyl (C=O) groups excluding carboxylic acids is 3. The van der Waals surface area contributed by atoms with Crippen LogP contribution in [0.4, 0.5) is 4.79 Å². The van der Waals surface area contributed by atoms with E-state index in [0.717, 1.165) is 35.2 Å². The van der Waals surface area contributed by atoms with Crippen molar-refractivity contribution in [3.8, 4) is 5.75 Å². The van der Waals surface area contributed by atoms with E-state index in [1.807, 2.05) is 29.2 Å². The molecule has 9 nitrogen and oxygen atoms in total. The first-order valence-electron chi connectivity index (χ1n) is 11.1. The van der Waals surface area contributed by atoms with E-state index in [4.69, 9.17) is 16.3 Å². The van der Waals surface area contributed by atoms with Crippen molar-refractivity contribution in [1.82, 2.24) is 25.6 Å². The Hall–Kier alpha value is -3.14. The van der Waals surface area contributed by atoms with Crippen LogP contribution >= 0.6 is 11.6 Å². The first-order valence-corrected chi connectivity index (χ1v) is 11.5. The van der Waals surface area contributed by atoms with Crippen molar-refractivity contribution in [3.05, 3.63) is 64.7 Å². The van der Waals surface area contributed by atoms with Crippen molar-refractivity contribution in [2.24, 2.45) is 0 Å². The molecule has 34 heavy (non-hydrogen) atoms. The molecule has 2 heterocycles. The Bertz CT molecular complexity index is 1090. The van der Waals surface area contributed by atoms with Crippen LogP contribution in [0.5, 0.6) is 5.75 Å². The van der Waals surface area contributed by atoms with E-state index >= 15 is 0 Å². The number of piperazine rings is 1. The number of methoxy groups -OCH3 is 1. The van der Waals surface area contributed by atoms with E-state index in [1.165, 1.54) is 7.11 Å². The molecule has 0 radical (unpaired) electrons. The normalized spacial score (nSPS) is 21.4. The highest BCUT2D eigenvalue weighted by Gasteiger charge is 2.50. The molecule has 180 valence electrons. The van der Waals surface area contributed by atoms with Gasteiger partial charge in [0.2, 0.25) is 0 Å². The van der Waals surface area contributed by atoms with Crippen LogP contribution in [-0.2, 0) is 21.7 Å². The summed E-state index contributed by atoms with van der Waals surface area (Å²) >= 11 is 6.07. The predicted molar refractivity (Wildman–Crippen MR) is 127 cm³/mol. The number of urea groups is 1. The second-order valence-corrected chi connectivity index (χ2v) is 9.08. The monoisotopic (exact) mass is 485 g/mol. The summed E-state index contributed by atoms with van der Waals surface area (Å²) in [5, 5.41) is 4.16. The Morgan fingerprint density at radius 2 is 1.79 bits per heavy atom. The number of nitrogens with one attached hydrogen (secondary N) is 2. The minimum Gasteiger partial charge on any atom is -0.497 e. The van der Waals surface area contributed by atoms with Crippen LogP contribution in [0.1, 0.15) is 18.1 Å². The quantitative estimate of drug-likeness (QED) is 0.582. The first-order chi connectivity index (χ1) is 16.3. The molecule has 2 saturated heterocycles. The number of hydrogen-bond donors (Lipinski definition) is 2. The standard InChI is InChI=1S/C24H28ClN5O4/c1-24(18-6-4-8-20(14-18)34-2)22(32)30(23(33)26-24)27-21(31)16-29-11-9-28(10-12-29)15-17-5-3-7-19(25)13-17/h3-8,13-14H,9-12,15-16H2,1-2H3,(H,26,33)(H,27,31). The molecule has 4 rings (SSSR count). The smallest absolute Gasteiger partial charge is 0.344 e. The Morgan fingerprint density at radius 3 is 2.50 bits per heavy atom. The van der Waals surface area contributed by atoms with Crippen LogP contribution in [0, 0.1) is 0 Å². The molecular weight excluding hydrogens is 458 g/mol. The average molecular weight is 486 g/mol. The van der Waals surface area contributed by atoms with Crippen molar-refractivity contribution in [2.45, 2.75) is 19.0 Å². The van der Waals surface area contributed by atoms with E-state index in [-0.39, 0.29) is 6.54 Å². The molecule has 0 aliphatic carbocycles. The summed E-state index contributed by atoms with van der Waals surface area (Å²) in [6, 6.07) is 14.0. The third-order valence-corrected chi connectivity index (χ3v) is 6.44. The molecule has 1 atom stereocenters. The molecule has 10 heteroatoms. The van der Waals surface area contributed by atoms with Gasteiger partial charge in [-0.3, -0.25) is 24.8 Å². The molecule has 2 aromatic carbocycles. The van der Waals surface area contributed by atoms with Gasteiger partial charge in [0, 0.05) is 37.7 Å². The maximum atomic E-state index is 13.1. The van der Waals surface area contributed by atoms with Crippen LogP contribution in [0.15, 0.2) is 48.5 Å². The number of nitrogens with zero attached hydrogens (tertiary/aromatic N) is 3. The van der Waals surface area contributed by atoms with Gasteiger partial charge in [0.15, 0.2) is 0 Å². The summed E-state index contributed by atoms with van der Waals surface area (Å²) in [4.78, 5) is 42.5. The van der Waals surface area contributed by atoms with Crippen molar-refractivity contribution in [3.63, 3.8) is 0 Å². The van der Waals surface area contributed by atoms with E-state index in [9.17, 15) is 14.4 Å². The predicted octanol–water partition coefficient (Wildman–Crippen LogP) is 1.96. The fourth-order valence-electron chi connectivity index (χ4n) is 4.23. The second kappa shape index (κ2) is 10.0. The van der Waals surface area contributed by atoms with Gasteiger partial charge in [-0.2, -0.15) is 5.01 Å². The lowest BCUT2D eigenvalue weighted by atomic mass is 9.92. The molecule has 2 aliphatic heterocycles. The summed E-state index contributed by atoms with van der Waals surface area (Å²) in [7, 11) is 1.53. The highest BCUT2D eigenvalue weighted by Crippen LogP contribution is 2.30. The van der Waals surface area contributed by atoms with Gasteiger partial charge in [-0.1, -0.05) is 35.9 Å². The number of benzene rings is 2. The lowest BCUT2D eigenvalue weighted by Gasteiger charge is -2.34. The van der Waals surface area contributed by atoms with E-state index in [1.54, 1.807) is 31.2 Å². The van der Waals surface area contributed by atoms with E-state index < -0.39 is 23.4 Å². The van der Waals surface area contributed by atoms with Crippen molar-refractivity contribution in [2.75, 3.05) is 39.8 Å². The topological polar surface area (TPSA) is 94.2 Å². The van der Waals surface area contributed by atoms with Crippen molar-refractivity contribution >= 4 is 29.4 Å². The van der Waals surface area contributed by atoms with Gasteiger partial charge in [0.25, 0.3) is 11.8 Å². The molecular formula is C24H28ClN5O4. The molecule has 4 amide bonds. The third kappa shape index (κ3) is 5.16. The molecule has 0 saturated carbocycles. The van der Waals surface area contributed by atoms with Crippen LogP contribution in [0.3, 0.4) is 0 Å². The summed E-state index contributed by atoms with van der Waals surface area (Å²) in [5.74, 6) is -0.398. The summed E-state index contributed by atoms with van der Waals surface area (Å²) < 4.78 is 5.22. The molecule has 0 spiro atoms. The molecule has 1 unspecified atom stereocenters. The van der Waals surface area contributed by atoms with Crippen molar-refractivity contribution in [1.29, 1.82) is 0 Å². The zero-order valence-electron chi connectivity index (χ0n) is 19.2. The van der Waals surface area contributed by atoms with Crippen LogP contribution in [-0.4, -0.2) is 72.5 Å². The fraction of sp³-hybridized carbons (Fsp3) is 0.375. The number of ether oxygens (including phenoxy) is 1. The number of hydrazine groups is 1. The number of hydrogen-bond acceptors (Lipinski definition) is 6. The zero-order valence-corrected chi connectivity index (χ0v) is 20.0. The molecule has 0 aromatic heterocycles. The Balaban J connectivity index is 1.30. The molecule has 2 fully saturated rings. The van der Waals surface area contributed by atoms with Crippen LogP contribution in [0.2, 0.25) is 5.02 Å². The summed E-state index contributed by atoms with van der Waals surface area (Å²) in [6.45, 7) is 5.51. The number of imide groups is 1. The molecule has 2 aliphatic rings. The number of amides is 4. The third-order valence-electron chi connectivity index (χ3n) is 6.20. The van der Waals surface area contributed by atoms with Gasteiger partial charge >= 0.3 is 6.03 Å². The van der Waals surface area contributed by atoms with Gasteiger partial charge in [0.05, 0.1) is 13.7 Å².